The quantitative estimate of drug-likeness (QED) is 0.446. The Morgan fingerprint density at radius 1 is 1.25 bits per heavy atom. The van der Waals surface area contributed by atoms with E-state index in [-0.39, 0.29) is 11.5 Å². The van der Waals surface area contributed by atoms with E-state index in [0.717, 1.165) is 41.5 Å². The summed E-state index contributed by atoms with van der Waals surface area (Å²) in [4.78, 5) is 38.9. The number of aryl methyl sites for hydroxylation is 1. The minimum atomic E-state index is -0.109. The smallest absolute Gasteiger partial charge is 0.260 e. The fourth-order valence-electron chi connectivity index (χ4n) is 3.81. The van der Waals surface area contributed by atoms with Crippen LogP contribution >= 0.6 is 22.7 Å². The zero-order chi connectivity index (χ0) is 22.1. The molecule has 5 rings (SSSR count). The maximum Gasteiger partial charge on any atom is 0.260 e. The van der Waals surface area contributed by atoms with Crippen LogP contribution in [0, 0.1) is 6.92 Å². The average Bonchev–Trinajstić information content (AvgIpc) is 3.50. The molecule has 0 saturated carbocycles. The number of nitrogens with one attached hydrogen (secondary N) is 2. The van der Waals surface area contributed by atoms with Gasteiger partial charge in [0.05, 0.1) is 18.5 Å². The van der Waals surface area contributed by atoms with Crippen LogP contribution in [0.3, 0.4) is 0 Å². The maximum atomic E-state index is 12.8. The van der Waals surface area contributed by atoms with Gasteiger partial charge in [-0.25, -0.2) is 4.98 Å². The lowest BCUT2D eigenvalue weighted by Crippen LogP contribution is -2.48. The minimum absolute atomic E-state index is 0.0898. The van der Waals surface area contributed by atoms with Crippen molar-refractivity contribution >= 4 is 44.6 Å². The molecular weight excluding hydrogens is 448 g/mol. The van der Waals surface area contributed by atoms with Gasteiger partial charge < -0.3 is 14.8 Å². The first-order valence-electron chi connectivity index (χ1n) is 10.3. The second-order valence-corrected chi connectivity index (χ2v) is 9.55. The lowest BCUT2D eigenvalue weighted by Gasteiger charge is -2.33. The number of anilines is 1. The van der Waals surface area contributed by atoms with Crippen molar-refractivity contribution in [1.82, 2.24) is 24.9 Å². The number of amides is 1. The summed E-state index contributed by atoms with van der Waals surface area (Å²) in [5, 5.41) is 11.2. The Morgan fingerprint density at radius 2 is 2.06 bits per heavy atom. The Balaban J connectivity index is 1.18. The molecule has 4 aromatic heterocycles. The first-order valence-corrected chi connectivity index (χ1v) is 12.0. The molecule has 166 valence electrons. The zero-order valence-electron chi connectivity index (χ0n) is 17.5. The molecule has 1 aliphatic heterocycles. The van der Waals surface area contributed by atoms with Crippen LogP contribution in [0.25, 0.3) is 20.7 Å². The Labute approximate surface area is 191 Å². The van der Waals surface area contributed by atoms with Crippen molar-refractivity contribution in [1.29, 1.82) is 0 Å². The lowest BCUT2D eigenvalue weighted by molar-refractivity contribution is -0.117. The normalized spacial score (nSPS) is 15.4. The van der Waals surface area contributed by atoms with Crippen molar-refractivity contribution in [2.75, 3.05) is 38.0 Å². The van der Waals surface area contributed by atoms with Crippen molar-refractivity contribution in [2.45, 2.75) is 13.5 Å². The number of fused-ring (bicyclic) bond motifs is 1. The standard InChI is InChI=1S/C21H22N6O3S2/c1-13-9-16(25-30-13)22-18(28)11-27-6-4-26(5-7-27)10-17-23-20(29)19-14(12-32-21(19)24-17)15-3-2-8-31-15/h2-3,8-9,12H,4-7,10-11H2,1H3,(H,22,25,28)(H,23,24,29). The number of thiophene rings is 2. The summed E-state index contributed by atoms with van der Waals surface area (Å²) in [6, 6.07) is 5.70. The molecule has 2 N–H and O–H groups in total. The summed E-state index contributed by atoms with van der Waals surface area (Å²) in [5.41, 5.74) is 0.862. The SMILES string of the molecule is Cc1cc(NC(=O)CN2CCN(Cc3nc4scc(-c5cccs5)c4c(=O)[nH]3)CC2)no1. The van der Waals surface area contributed by atoms with Crippen LogP contribution < -0.4 is 10.9 Å². The summed E-state index contributed by atoms with van der Waals surface area (Å²) in [7, 11) is 0. The van der Waals surface area contributed by atoms with Crippen LogP contribution in [0.1, 0.15) is 11.6 Å². The molecule has 1 amide bonds. The van der Waals surface area contributed by atoms with Gasteiger partial charge in [0, 0.05) is 48.1 Å². The topological polar surface area (TPSA) is 107 Å². The molecule has 11 heteroatoms. The van der Waals surface area contributed by atoms with E-state index < -0.39 is 0 Å². The summed E-state index contributed by atoms with van der Waals surface area (Å²) < 4.78 is 4.97. The van der Waals surface area contributed by atoms with E-state index >= 15 is 0 Å². The fourth-order valence-corrected chi connectivity index (χ4v) is 5.59. The van der Waals surface area contributed by atoms with Gasteiger partial charge in [-0.3, -0.25) is 19.4 Å². The highest BCUT2D eigenvalue weighted by atomic mass is 32.1. The Morgan fingerprint density at radius 3 is 2.78 bits per heavy atom. The van der Waals surface area contributed by atoms with Crippen LogP contribution in [0.4, 0.5) is 5.82 Å². The van der Waals surface area contributed by atoms with E-state index in [9.17, 15) is 9.59 Å². The molecule has 1 fully saturated rings. The van der Waals surface area contributed by atoms with Crippen molar-refractivity contribution in [3.8, 4) is 10.4 Å². The first kappa shape index (κ1) is 21.0. The van der Waals surface area contributed by atoms with Gasteiger partial charge in [0.25, 0.3) is 5.56 Å². The number of carbonyl (C=O) groups excluding carboxylic acids is 1. The third-order valence-corrected chi connectivity index (χ3v) is 7.16. The van der Waals surface area contributed by atoms with E-state index in [4.69, 9.17) is 9.51 Å². The first-order chi connectivity index (χ1) is 15.5. The molecule has 0 radical (unpaired) electrons. The number of H-pyrrole nitrogens is 1. The molecular formula is C21H22N6O3S2. The number of carbonyl (C=O) groups is 1. The van der Waals surface area contributed by atoms with Crippen molar-refractivity contribution in [3.63, 3.8) is 0 Å². The van der Waals surface area contributed by atoms with Gasteiger partial charge in [0.1, 0.15) is 16.4 Å². The molecule has 4 aromatic rings. The van der Waals surface area contributed by atoms with Gasteiger partial charge >= 0.3 is 0 Å². The van der Waals surface area contributed by atoms with Gasteiger partial charge in [-0.2, -0.15) is 0 Å². The molecule has 1 saturated heterocycles. The summed E-state index contributed by atoms with van der Waals surface area (Å²) in [6.07, 6.45) is 0. The maximum absolute atomic E-state index is 12.8. The highest BCUT2D eigenvalue weighted by Gasteiger charge is 2.21. The number of rotatable bonds is 6. The Hall–Kier alpha value is -2.86. The van der Waals surface area contributed by atoms with Crippen LogP contribution in [0.2, 0.25) is 0 Å². The number of hydrogen-bond acceptors (Lipinski definition) is 9. The number of hydrogen-bond donors (Lipinski definition) is 2. The van der Waals surface area contributed by atoms with Gasteiger partial charge in [0.15, 0.2) is 5.82 Å². The minimum Gasteiger partial charge on any atom is -0.360 e. The predicted molar refractivity (Wildman–Crippen MR) is 125 cm³/mol. The molecule has 0 aliphatic carbocycles. The van der Waals surface area contributed by atoms with Gasteiger partial charge in [-0.1, -0.05) is 11.2 Å². The molecule has 0 bridgehead atoms. The molecule has 0 atom stereocenters. The third kappa shape index (κ3) is 4.51. The number of aromatic amines is 1. The van der Waals surface area contributed by atoms with E-state index in [1.165, 1.54) is 11.3 Å². The Kier molecular flexibility index (Phi) is 5.87. The van der Waals surface area contributed by atoms with E-state index in [2.05, 4.69) is 25.3 Å². The third-order valence-electron chi connectivity index (χ3n) is 5.38. The number of piperazine rings is 1. The lowest BCUT2D eigenvalue weighted by atomic mass is 10.2. The summed E-state index contributed by atoms with van der Waals surface area (Å²) >= 11 is 3.12. The van der Waals surface area contributed by atoms with Crippen LogP contribution in [-0.4, -0.2) is 63.6 Å². The van der Waals surface area contributed by atoms with E-state index in [1.54, 1.807) is 24.3 Å². The van der Waals surface area contributed by atoms with Crippen molar-refractivity contribution in [3.05, 3.63) is 50.9 Å². The van der Waals surface area contributed by atoms with Crippen LogP contribution in [0.15, 0.2) is 38.3 Å². The van der Waals surface area contributed by atoms with Crippen molar-refractivity contribution in [2.24, 2.45) is 0 Å². The Bertz CT molecular complexity index is 1280. The molecule has 0 aromatic carbocycles. The highest BCUT2D eigenvalue weighted by Crippen LogP contribution is 2.33. The van der Waals surface area contributed by atoms with Crippen molar-refractivity contribution < 1.29 is 9.32 Å². The second-order valence-electron chi connectivity index (χ2n) is 7.74. The molecule has 1 aliphatic rings. The second kappa shape index (κ2) is 8.94. The molecule has 9 nitrogen and oxygen atoms in total. The molecule has 32 heavy (non-hydrogen) atoms. The highest BCUT2D eigenvalue weighted by molar-refractivity contribution is 7.18. The summed E-state index contributed by atoms with van der Waals surface area (Å²) in [6.45, 7) is 5.78. The van der Waals surface area contributed by atoms with E-state index in [0.29, 0.717) is 35.9 Å². The monoisotopic (exact) mass is 470 g/mol. The average molecular weight is 471 g/mol. The van der Waals surface area contributed by atoms with Crippen LogP contribution in [0.5, 0.6) is 0 Å². The van der Waals surface area contributed by atoms with Gasteiger partial charge in [0.2, 0.25) is 5.91 Å². The zero-order valence-corrected chi connectivity index (χ0v) is 19.1. The fraction of sp³-hybridized carbons (Fsp3) is 0.333. The predicted octanol–water partition coefficient (Wildman–Crippen LogP) is 2.77. The number of aromatic nitrogens is 3. The van der Waals surface area contributed by atoms with Gasteiger partial charge in [-0.05, 0) is 18.4 Å². The number of nitrogens with zero attached hydrogens (tertiary/aromatic N) is 4. The largest absolute Gasteiger partial charge is 0.360 e. The van der Waals surface area contributed by atoms with E-state index in [1.807, 2.05) is 22.9 Å². The van der Waals surface area contributed by atoms with Gasteiger partial charge in [-0.15, -0.1) is 22.7 Å². The molecule has 0 spiro atoms. The van der Waals surface area contributed by atoms with Crippen LogP contribution in [-0.2, 0) is 11.3 Å². The summed E-state index contributed by atoms with van der Waals surface area (Å²) in [5.74, 6) is 1.66. The molecule has 0 unspecified atom stereocenters. The molecule has 5 heterocycles.